The first kappa shape index (κ1) is 14.8. The summed E-state index contributed by atoms with van der Waals surface area (Å²) in [4.78, 5) is 13.6. The number of aliphatic hydroxyl groups excluding tert-OH is 1. The molecule has 0 aromatic carbocycles. The standard InChI is InChI=1S/C13H21N3O4/c1-13(2,3)20-12(18)16-6-4-9(5-7-16)11-15-14-10(8-17)19-11/h9,17H,4-8H2,1-3H3. The van der Waals surface area contributed by atoms with Gasteiger partial charge in [0, 0.05) is 19.0 Å². The Morgan fingerprint density at radius 2 is 2.05 bits per heavy atom. The molecule has 1 aromatic rings. The lowest BCUT2D eigenvalue weighted by Crippen LogP contribution is -2.41. The van der Waals surface area contributed by atoms with E-state index in [0.717, 1.165) is 12.8 Å². The van der Waals surface area contributed by atoms with Crippen molar-refractivity contribution < 1.29 is 19.1 Å². The zero-order valence-corrected chi connectivity index (χ0v) is 12.1. The first-order valence-electron chi connectivity index (χ1n) is 6.80. The van der Waals surface area contributed by atoms with E-state index in [2.05, 4.69) is 10.2 Å². The number of ether oxygens (including phenoxy) is 1. The first-order valence-corrected chi connectivity index (χ1v) is 6.80. The van der Waals surface area contributed by atoms with Gasteiger partial charge in [-0.3, -0.25) is 0 Å². The smallest absolute Gasteiger partial charge is 0.410 e. The molecule has 1 fully saturated rings. The van der Waals surface area contributed by atoms with Gasteiger partial charge in [0.2, 0.25) is 11.8 Å². The molecule has 1 aliphatic rings. The minimum Gasteiger partial charge on any atom is -0.444 e. The van der Waals surface area contributed by atoms with Gasteiger partial charge in [-0.1, -0.05) is 0 Å². The van der Waals surface area contributed by atoms with E-state index in [0.29, 0.717) is 19.0 Å². The minimum atomic E-state index is -0.476. The van der Waals surface area contributed by atoms with E-state index < -0.39 is 5.60 Å². The first-order chi connectivity index (χ1) is 9.39. The van der Waals surface area contributed by atoms with Crippen LogP contribution in [0.1, 0.15) is 51.3 Å². The van der Waals surface area contributed by atoms with E-state index in [1.165, 1.54) is 0 Å². The van der Waals surface area contributed by atoms with Gasteiger partial charge in [-0.25, -0.2) is 4.79 Å². The Labute approximate surface area is 117 Å². The lowest BCUT2D eigenvalue weighted by atomic mass is 9.97. The Kier molecular flexibility index (Phi) is 4.27. The van der Waals surface area contributed by atoms with Gasteiger partial charge in [0.05, 0.1) is 0 Å². The summed E-state index contributed by atoms with van der Waals surface area (Å²) in [5, 5.41) is 16.6. The lowest BCUT2D eigenvalue weighted by Gasteiger charge is -2.32. The van der Waals surface area contributed by atoms with Crippen LogP contribution in [-0.4, -0.2) is 45.0 Å². The second kappa shape index (κ2) is 5.78. The van der Waals surface area contributed by atoms with Gasteiger partial charge >= 0.3 is 6.09 Å². The fraction of sp³-hybridized carbons (Fsp3) is 0.769. The summed E-state index contributed by atoms with van der Waals surface area (Å²) in [6.45, 7) is 6.53. The van der Waals surface area contributed by atoms with E-state index in [-0.39, 0.29) is 24.5 Å². The van der Waals surface area contributed by atoms with Crippen LogP contribution >= 0.6 is 0 Å². The van der Waals surface area contributed by atoms with Crippen LogP contribution in [0.5, 0.6) is 0 Å². The molecule has 0 saturated carbocycles. The van der Waals surface area contributed by atoms with Crippen molar-refractivity contribution >= 4 is 6.09 Å². The van der Waals surface area contributed by atoms with Crippen molar-refractivity contribution in [1.29, 1.82) is 0 Å². The molecule has 0 unspecified atom stereocenters. The second-order valence-corrected chi connectivity index (χ2v) is 5.93. The number of amides is 1. The average molecular weight is 283 g/mol. The summed E-state index contributed by atoms with van der Waals surface area (Å²) in [5.41, 5.74) is -0.476. The molecule has 2 rings (SSSR count). The topological polar surface area (TPSA) is 88.7 Å². The molecule has 0 bridgehead atoms. The van der Waals surface area contributed by atoms with E-state index in [1.54, 1.807) is 4.90 Å². The molecular formula is C13H21N3O4. The van der Waals surface area contributed by atoms with Gasteiger partial charge in [-0.2, -0.15) is 0 Å². The third-order valence-electron chi connectivity index (χ3n) is 3.11. The summed E-state index contributed by atoms with van der Waals surface area (Å²) >= 11 is 0. The lowest BCUT2D eigenvalue weighted by molar-refractivity contribution is 0.0199. The molecule has 20 heavy (non-hydrogen) atoms. The predicted octanol–water partition coefficient (Wildman–Crippen LogP) is 1.68. The zero-order chi connectivity index (χ0) is 14.8. The number of hydrogen-bond donors (Lipinski definition) is 1. The molecular weight excluding hydrogens is 262 g/mol. The molecule has 0 atom stereocenters. The Hall–Kier alpha value is -1.63. The Morgan fingerprint density at radius 1 is 1.40 bits per heavy atom. The van der Waals surface area contributed by atoms with Crippen LogP contribution in [0.25, 0.3) is 0 Å². The normalized spacial score (nSPS) is 17.3. The van der Waals surface area contributed by atoms with Crippen molar-refractivity contribution in [2.24, 2.45) is 0 Å². The number of hydrogen-bond acceptors (Lipinski definition) is 6. The third kappa shape index (κ3) is 3.69. The summed E-state index contributed by atoms with van der Waals surface area (Å²) < 4.78 is 10.7. The highest BCUT2D eigenvalue weighted by molar-refractivity contribution is 5.68. The monoisotopic (exact) mass is 283 g/mol. The Bertz CT molecular complexity index is 458. The summed E-state index contributed by atoms with van der Waals surface area (Å²) in [5.74, 6) is 0.911. The number of likely N-dealkylation sites (tertiary alicyclic amines) is 1. The minimum absolute atomic E-state index is 0.140. The van der Waals surface area contributed by atoms with Crippen LogP contribution in [0.15, 0.2) is 4.42 Å². The van der Waals surface area contributed by atoms with Gasteiger partial charge in [0.25, 0.3) is 0 Å². The summed E-state index contributed by atoms with van der Waals surface area (Å²) in [6, 6.07) is 0. The molecule has 1 aliphatic heterocycles. The highest BCUT2D eigenvalue weighted by atomic mass is 16.6. The van der Waals surface area contributed by atoms with Crippen LogP contribution in [-0.2, 0) is 11.3 Å². The molecule has 0 radical (unpaired) electrons. The number of aliphatic hydroxyl groups is 1. The summed E-state index contributed by atoms with van der Waals surface area (Å²) in [6.07, 6.45) is 1.23. The van der Waals surface area contributed by atoms with Crippen LogP contribution in [0, 0.1) is 0 Å². The fourth-order valence-electron chi connectivity index (χ4n) is 2.13. The van der Waals surface area contributed by atoms with Crippen molar-refractivity contribution in [2.75, 3.05) is 13.1 Å². The van der Waals surface area contributed by atoms with Crippen LogP contribution < -0.4 is 0 Å². The number of aromatic nitrogens is 2. The molecule has 112 valence electrons. The van der Waals surface area contributed by atoms with Gasteiger partial charge < -0.3 is 19.2 Å². The maximum atomic E-state index is 11.9. The molecule has 1 saturated heterocycles. The maximum Gasteiger partial charge on any atom is 0.410 e. The summed E-state index contributed by atoms with van der Waals surface area (Å²) in [7, 11) is 0. The van der Waals surface area contributed by atoms with E-state index in [1.807, 2.05) is 20.8 Å². The van der Waals surface area contributed by atoms with Crippen LogP contribution in [0.3, 0.4) is 0 Å². The van der Waals surface area contributed by atoms with E-state index in [4.69, 9.17) is 14.3 Å². The maximum absolute atomic E-state index is 11.9. The van der Waals surface area contributed by atoms with Crippen molar-refractivity contribution in [3.8, 4) is 0 Å². The van der Waals surface area contributed by atoms with Crippen molar-refractivity contribution in [1.82, 2.24) is 15.1 Å². The van der Waals surface area contributed by atoms with E-state index in [9.17, 15) is 4.79 Å². The molecule has 1 N–H and O–H groups in total. The average Bonchev–Trinajstić information content (AvgIpc) is 2.85. The zero-order valence-electron chi connectivity index (χ0n) is 12.1. The highest BCUT2D eigenvalue weighted by Gasteiger charge is 2.29. The molecule has 1 amide bonds. The molecule has 0 aliphatic carbocycles. The number of carbonyl (C=O) groups excluding carboxylic acids is 1. The number of piperidine rings is 1. The largest absolute Gasteiger partial charge is 0.444 e. The Morgan fingerprint density at radius 3 is 2.55 bits per heavy atom. The molecule has 1 aromatic heterocycles. The molecule has 0 spiro atoms. The second-order valence-electron chi connectivity index (χ2n) is 5.93. The predicted molar refractivity (Wildman–Crippen MR) is 70.0 cm³/mol. The molecule has 7 heteroatoms. The molecule has 2 heterocycles. The van der Waals surface area contributed by atoms with E-state index >= 15 is 0 Å². The Balaban J connectivity index is 1.87. The van der Waals surface area contributed by atoms with Crippen molar-refractivity contribution in [3.05, 3.63) is 11.8 Å². The number of nitrogens with zero attached hydrogens (tertiary/aromatic N) is 3. The molecule has 7 nitrogen and oxygen atoms in total. The number of carbonyl (C=O) groups is 1. The third-order valence-corrected chi connectivity index (χ3v) is 3.11. The van der Waals surface area contributed by atoms with Crippen LogP contribution in [0.4, 0.5) is 4.79 Å². The van der Waals surface area contributed by atoms with Crippen LogP contribution in [0.2, 0.25) is 0 Å². The highest BCUT2D eigenvalue weighted by Crippen LogP contribution is 2.27. The SMILES string of the molecule is CC(C)(C)OC(=O)N1CCC(c2nnc(CO)o2)CC1. The fourth-order valence-corrected chi connectivity index (χ4v) is 2.13. The quantitative estimate of drug-likeness (QED) is 0.888. The van der Waals surface area contributed by atoms with Gasteiger partial charge in [-0.15, -0.1) is 10.2 Å². The van der Waals surface area contributed by atoms with Crippen molar-refractivity contribution in [2.45, 2.75) is 51.7 Å². The van der Waals surface area contributed by atoms with Gasteiger partial charge in [0.15, 0.2) is 0 Å². The number of rotatable bonds is 2. The van der Waals surface area contributed by atoms with Crippen molar-refractivity contribution in [3.63, 3.8) is 0 Å². The van der Waals surface area contributed by atoms with Gasteiger partial charge in [-0.05, 0) is 33.6 Å². The van der Waals surface area contributed by atoms with Gasteiger partial charge in [0.1, 0.15) is 12.2 Å².